The summed E-state index contributed by atoms with van der Waals surface area (Å²) in [6.07, 6.45) is -2.02. The first-order chi connectivity index (χ1) is 17.2. The second kappa shape index (κ2) is 13.0. The van der Waals surface area contributed by atoms with Gasteiger partial charge in [0.05, 0.1) is 38.6 Å². The average molecular weight is 474 g/mol. The Kier molecular flexibility index (Phi) is 9.29. The maximum absolute atomic E-state index is 8.94. The predicted octanol–water partition coefficient (Wildman–Crippen LogP) is 5.84. The highest BCUT2D eigenvalue weighted by atomic mass is 16.6. The highest BCUT2D eigenvalue weighted by Gasteiger charge is 2.46. The third kappa shape index (κ3) is 7.15. The molecule has 3 aromatic rings. The number of benzene rings is 3. The van der Waals surface area contributed by atoms with Crippen molar-refractivity contribution in [2.45, 2.75) is 57.3 Å². The van der Waals surface area contributed by atoms with Gasteiger partial charge in [-0.2, -0.15) is 0 Å². The summed E-state index contributed by atoms with van der Waals surface area (Å²) in [6, 6.07) is 30.0. The zero-order valence-electron chi connectivity index (χ0n) is 19.9. The van der Waals surface area contributed by atoms with E-state index in [1.165, 1.54) is 0 Å². The summed E-state index contributed by atoms with van der Waals surface area (Å²) in [5.74, 6) is 0. The average Bonchev–Trinajstić information content (AvgIpc) is 2.91. The molecule has 5 unspecified atom stereocenters. The third-order valence-electron chi connectivity index (χ3n) is 6.05. The second-order valence-electron chi connectivity index (χ2n) is 8.58. The highest BCUT2D eigenvalue weighted by Crippen LogP contribution is 2.30. The Balaban J connectivity index is 1.57. The Morgan fingerprint density at radius 1 is 0.686 bits per heavy atom. The summed E-state index contributed by atoms with van der Waals surface area (Å²) in [7, 11) is 0. The van der Waals surface area contributed by atoms with Crippen molar-refractivity contribution in [3.8, 4) is 0 Å². The number of nitrogens with zero attached hydrogens (tertiary/aromatic N) is 3. The quantitative estimate of drug-likeness (QED) is 0.199. The fraction of sp³-hybridized carbons (Fsp3) is 0.357. The van der Waals surface area contributed by atoms with Crippen LogP contribution in [0, 0.1) is 0 Å². The lowest BCUT2D eigenvalue weighted by Gasteiger charge is -2.45. The lowest BCUT2D eigenvalue weighted by atomic mass is 9.94. The minimum Gasteiger partial charge on any atom is -0.370 e. The van der Waals surface area contributed by atoms with Gasteiger partial charge in [-0.25, -0.2) is 0 Å². The fourth-order valence-electron chi connectivity index (χ4n) is 4.28. The number of azide groups is 1. The Hall–Kier alpha value is -3.19. The monoisotopic (exact) mass is 473 g/mol. The molecule has 7 heteroatoms. The Morgan fingerprint density at radius 3 is 1.57 bits per heavy atom. The van der Waals surface area contributed by atoms with Crippen LogP contribution in [0.2, 0.25) is 0 Å². The zero-order chi connectivity index (χ0) is 24.3. The molecule has 0 radical (unpaired) electrons. The van der Waals surface area contributed by atoms with Crippen LogP contribution in [0.15, 0.2) is 96.1 Å². The maximum atomic E-state index is 8.94. The van der Waals surface area contributed by atoms with Gasteiger partial charge in [-0.3, -0.25) is 0 Å². The summed E-state index contributed by atoms with van der Waals surface area (Å²) in [5, 5.41) is 3.79. The van der Waals surface area contributed by atoms with Crippen molar-refractivity contribution in [2.75, 3.05) is 6.54 Å². The minimum absolute atomic E-state index is 0.150. The van der Waals surface area contributed by atoms with E-state index in [4.69, 9.17) is 24.5 Å². The molecule has 1 aliphatic rings. The van der Waals surface area contributed by atoms with Crippen LogP contribution in [0.1, 0.15) is 23.6 Å². The van der Waals surface area contributed by atoms with E-state index in [9.17, 15) is 0 Å². The molecule has 1 heterocycles. The van der Waals surface area contributed by atoms with E-state index in [1.807, 2.05) is 97.9 Å². The van der Waals surface area contributed by atoms with Crippen LogP contribution < -0.4 is 0 Å². The lowest BCUT2D eigenvalue weighted by molar-refractivity contribution is -0.259. The molecule has 0 aliphatic carbocycles. The standard InChI is InChI=1S/C28H31N3O4/c1-21-26(32-18-22-11-5-2-6-12-22)28(34-20-24-15-9-4-10-16-24)27(25(35-21)17-30-31-29)33-19-23-13-7-3-8-14-23/h2-16,21,25-28H,17-20H2,1H3. The van der Waals surface area contributed by atoms with Crippen molar-refractivity contribution >= 4 is 0 Å². The first kappa shape index (κ1) is 24.9. The summed E-state index contributed by atoms with van der Waals surface area (Å²) >= 11 is 0. The van der Waals surface area contributed by atoms with E-state index in [2.05, 4.69) is 10.0 Å². The van der Waals surface area contributed by atoms with E-state index < -0.39 is 18.3 Å². The van der Waals surface area contributed by atoms with Crippen LogP contribution in [0.5, 0.6) is 0 Å². The molecule has 0 N–H and O–H groups in total. The first-order valence-electron chi connectivity index (χ1n) is 11.9. The number of ether oxygens (including phenoxy) is 4. The second-order valence-corrected chi connectivity index (χ2v) is 8.58. The van der Waals surface area contributed by atoms with E-state index in [0.29, 0.717) is 19.8 Å². The Bertz CT molecular complexity index is 1060. The van der Waals surface area contributed by atoms with Gasteiger partial charge < -0.3 is 18.9 Å². The summed E-state index contributed by atoms with van der Waals surface area (Å²) in [5.41, 5.74) is 12.1. The lowest BCUT2D eigenvalue weighted by Crippen LogP contribution is -2.60. The van der Waals surface area contributed by atoms with Crippen LogP contribution in [-0.2, 0) is 38.8 Å². The predicted molar refractivity (Wildman–Crippen MR) is 133 cm³/mol. The van der Waals surface area contributed by atoms with Gasteiger partial charge in [0, 0.05) is 4.91 Å². The van der Waals surface area contributed by atoms with E-state index in [-0.39, 0.29) is 18.8 Å². The van der Waals surface area contributed by atoms with Crippen LogP contribution in [0.25, 0.3) is 10.4 Å². The van der Waals surface area contributed by atoms with Crippen LogP contribution >= 0.6 is 0 Å². The molecule has 4 rings (SSSR count). The first-order valence-corrected chi connectivity index (χ1v) is 11.9. The van der Waals surface area contributed by atoms with Crippen molar-refractivity contribution in [1.29, 1.82) is 0 Å². The number of rotatable bonds is 11. The van der Waals surface area contributed by atoms with Gasteiger partial charge in [0.1, 0.15) is 18.3 Å². The van der Waals surface area contributed by atoms with Gasteiger partial charge >= 0.3 is 0 Å². The Labute approximate surface area is 206 Å². The van der Waals surface area contributed by atoms with Gasteiger partial charge in [0.2, 0.25) is 0 Å². The molecule has 182 valence electrons. The zero-order valence-corrected chi connectivity index (χ0v) is 19.9. The topological polar surface area (TPSA) is 85.7 Å². The molecule has 0 amide bonds. The molecule has 7 nitrogen and oxygen atoms in total. The highest BCUT2D eigenvalue weighted by molar-refractivity contribution is 5.15. The molecule has 0 spiro atoms. The molecule has 1 aliphatic heterocycles. The molecule has 0 saturated carbocycles. The maximum Gasteiger partial charge on any atom is 0.115 e. The van der Waals surface area contributed by atoms with Gasteiger partial charge in [0.15, 0.2) is 0 Å². The minimum atomic E-state index is -0.485. The van der Waals surface area contributed by atoms with Crippen LogP contribution in [0.3, 0.4) is 0 Å². The molecule has 3 aromatic carbocycles. The molecule has 35 heavy (non-hydrogen) atoms. The summed E-state index contributed by atoms with van der Waals surface area (Å²) in [6.45, 7) is 3.33. The summed E-state index contributed by atoms with van der Waals surface area (Å²) in [4.78, 5) is 2.94. The SMILES string of the molecule is CC1OC(CN=[N+]=[N-])C(OCc2ccccc2)C(OCc2ccccc2)C1OCc1ccccc1. The molecular formula is C28H31N3O4. The molecular weight excluding hydrogens is 442 g/mol. The molecule has 1 saturated heterocycles. The van der Waals surface area contributed by atoms with Gasteiger partial charge in [-0.15, -0.1) is 0 Å². The van der Waals surface area contributed by atoms with E-state index >= 15 is 0 Å². The van der Waals surface area contributed by atoms with Crippen molar-refractivity contribution in [3.05, 3.63) is 118 Å². The van der Waals surface area contributed by atoms with Crippen molar-refractivity contribution in [1.82, 2.24) is 0 Å². The van der Waals surface area contributed by atoms with Crippen molar-refractivity contribution in [3.63, 3.8) is 0 Å². The molecule has 0 aromatic heterocycles. The molecule has 1 fully saturated rings. The van der Waals surface area contributed by atoms with Gasteiger partial charge in [-0.1, -0.05) is 96.1 Å². The normalized spacial score (nSPS) is 24.0. The number of hydrogen-bond donors (Lipinski definition) is 0. The van der Waals surface area contributed by atoms with Crippen LogP contribution in [0.4, 0.5) is 0 Å². The molecule has 5 atom stereocenters. The fourth-order valence-corrected chi connectivity index (χ4v) is 4.28. The van der Waals surface area contributed by atoms with E-state index in [1.54, 1.807) is 0 Å². The van der Waals surface area contributed by atoms with Crippen LogP contribution in [-0.4, -0.2) is 37.1 Å². The van der Waals surface area contributed by atoms with Crippen molar-refractivity contribution in [2.24, 2.45) is 5.11 Å². The largest absolute Gasteiger partial charge is 0.370 e. The molecule has 0 bridgehead atoms. The Morgan fingerprint density at radius 2 is 1.11 bits per heavy atom. The number of hydrogen-bond acceptors (Lipinski definition) is 5. The van der Waals surface area contributed by atoms with Gasteiger partial charge in [-0.05, 0) is 29.1 Å². The summed E-state index contributed by atoms with van der Waals surface area (Å²) < 4.78 is 25.5. The van der Waals surface area contributed by atoms with Gasteiger partial charge in [0.25, 0.3) is 0 Å². The third-order valence-corrected chi connectivity index (χ3v) is 6.05. The smallest absolute Gasteiger partial charge is 0.115 e. The van der Waals surface area contributed by atoms with Crippen molar-refractivity contribution < 1.29 is 18.9 Å². The van der Waals surface area contributed by atoms with E-state index in [0.717, 1.165) is 16.7 Å².